The van der Waals surface area contributed by atoms with Crippen LogP contribution in [0.3, 0.4) is 0 Å². The third kappa shape index (κ3) is 1.48. The van der Waals surface area contributed by atoms with Gasteiger partial charge >= 0.3 is 5.69 Å². The monoisotopic (exact) mass is 270 g/mol. The van der Waals surface area contributed by atoms with E-state index in [2.05, 4.69) is 4.98 Å². The minimum absolute atomic E-state index is 0.325. The average molecular weight is 270 g/mol. The van der Waals surface area contributed by atoms with Crippen molar-refractivity contribution >= 4 is 0 Å². The van der Waals surface area contributed by atoms with Crippen LogP contribution >= 0.6 is 0 Å². The van der Waals surface area contributed by atoms with Gasteiger partial charge in [-0.2, -0.15) is 0 Å². The minimum atomic E-state index is -1.59. The Morgan fingerprint density at radius 2 is 2.21 bits per heavy atom. The molecule has 8 heteroatoms. The molecule has 3 heterocycles. The van der Waals surface area contributed by atoms with Gasteiger partial charge < -0.3 is 19.7 Å². The van der Waals surface area contributed by atoms with Crippen molar-refractivity contribution in [2.24, 2.45) is 0 Å². The van der Waals surface area contributed by atoms with Crippen LogP contribution in [0.25, 0.3) is 0 Å². The fourth-order valence-corrected chi connectivity index (χ4v) is 2.58. The molecule has 19 heavy (non-hydrogen) atoms. The van der Waals surface area contributed by atoms with E-state index in [0.717, 1.165) is 4.57 Å². The fraction of sp³-hybridized carbons (Fsp3) is 0.636. The summed E-state index contributed by atoms with van der Waals surface area (Å²) in [5.74, 6) is -1.59. The van der Waals surface area contributed by atoms with Gasteiger partial charge in [-0.1, -0.05) is 6.92 Å². The molecule has 3 N–H and O–H groups in total. The number of H-pyrrole nitrogens is 1. The Morgan fingerprint density at radius 1 is 1.47 bits per heavy atom. The molecule has 0 aliphatic carbocycles. The number of aromatic nitrogens is 2. The van der Waals surface area contributed by atoms with E-state index in [1.54, 1.807) is 6.92 Å². The van der Waals surface area contributed by atoms with Gasteiger partial charge in [0.2, 0.25) is 5.79 Å². The number of ether oxygens (including phenoxy) is 2. The van der Waals surface area contributed by atoms with Gasteiger partial charge in [-0.3, -0.25) is 14.3 Å². The summed E-state index contributed by atoms with van der Waals surface area (Å²) in [4.78, 5) is 24.8. The van der Waals surface area contributed by atoms with Gasteiger partial charge in [0.25, 0.3) is 5.56 Å². The molecule has 0 bridgehead atoms. The Morgan fingerprint density at radius 3 is 2.74 bits per heavy atom. The van der Waals surface area contributed by atoms with Crippen LogP contribution in [-0.4, -0.2) is 43.9 Å². The van der Waals surface area contributed by atoms with E-state index in [1.807, 2.05) is 0 Å². The molecule has 2 unspecified atom stereocenters. The predicted molar refractivity (Wildman–Crippen MR) is 61.4 cm³/mol. The topological polar surface area (TPSA) is 117 Å². The zero-order valence-electron chi connectivity index (χ0n) is 10.2. The molecule has 8 nitrogen and oxygen atoms in total. The van der Waals surface area contributed by atoms with Crippen LogP contribution in [0, 0.1) is 0 Å². The molecule has 0 spiro atoms. The SMILES string of the molecule is CC[C@]1(CO)O[C@@H](n2ccc(=O)[nH]c2=O)C2OC21O. The van der Waals surface area contributed by atoms with Crippen molar-refractivity contribution in [2.45, 2.75) is 37.1 Å². The number of nitrogens with one attached hydrogen (secondary N) is 1. The number of aliphatic hydroxyl groups is 2. The molecule has 2 aliphatic heterocycles. The van der Waals surface area contributed by atoms with E-state index in [0.29, 0.717) is 6.42 Å². The second-order valence-electron chi connectivity index (χ2n) is 4.77. The first-order chi connectivity index (χ1) is 8.97. The lowest BCUT2D eigenvalue weighted by atomic mass is 9.94. The maximum atomic E-state index is 11.7. The Balaban J connectivity index is 2.02. The van der Waals surface area contributed by atoms with Crippen molar-refractivity contribution < 1.29 is 19.7 Å². The van der Waals surface area contributed by atoms with Crippen molar-refractivity contribution in [3.63, 3.8) is 0 Å². The fourth-order valence-electron chi connectivity index (χ4n) is 2.58. The number of hydrogen-bond donors (Lipinski definition) is 3. The number of nitrogens with zero attached hydrogens (tertiary/aromatic N) is 1. The van der Waals surface area contributed by atoms with Crippen molar-refractivity contribution in [3.8, 4) is 0 Å². The van der Waals surface area contributed by atoms with Gasteiger partial charge in [0.15, 0.2) is 12.3 Å². The molecule has 2 aliphatic rings. The quantitative estimate of drug-likeness (QED) is 0.563. The van der Waals surface area contributed by atoms with Crippen LogP contribution in [0.15, 0.2) is 21.9 Å². The Labute approximate surface area is 107 Å². The number of epoxide rings is 1. The minimum Gasteiger partial charge on any atom is -0.393 e. The molecular formula is C11H14N2O6. The van der Waals surface area contributed by atoms with E-state index >= 15 is 0 Å². The molecule has 4 atom stereocenters. The Kier molecular flexibility index (Phi) is 2.49. The van der Waals surface area contributed by atoms with Crippen molar-refractivity contribution in [2.75, 3.05) is 6.61 Å². The Bertz CT molecular complexity index is 618. The highest BCUT2D eigenvalue weighted by Gasteiger charge is 2.78. The van der Waals surface area contributed by atoms with E-state index in [9.17, 15) is 19.8 Å². The van der Waals surface area contributed by atoms with E-state index in [-0.39, 0.29) is 0 Å². The van der Waals surface area contributed by atoms with Crippen LogP contribution < -0.4 is 11.2 Å². The van der Waals surface area contributed by atoms with Crippen molar-refractivity contribution in [1.82, 2.24) is 9.55 Å². The van der Waals surface area contributed by atoms with Crippen LogP contribution in [0.1, 0.15) is 19.6 Å². The van der Waals surface area contributed by atoms with E-state index in [1.165, 1.54) is 12.3 Å². The van der Waals surface area contributed by atoms with Crippen LogP contribution in [0.4, 0.5) is 0 Å². The third-order valence-electron chi connectivity index (χ3n) is 3.85. The molecule has 0 aromatic carbocycles. The molecule has 2 saturated heterocycles. The third-order valence-corrected chi connectivity index (χ3v) is 3.85. The zero-order valence-corrected chi connectivity index (χ0v) is 10.2. The number of aliphatic hydroxyl groups excluding tert-OH is 1. The second-order valence-corrected chi connectivity index (χ2v) is 4.77. The first kappa shape index (κ1) is 12.5. The van der Waals surface area contributed by atoms with Gasteiger partial charge in [0.05, 0.1) is 6.61 Å². The largest absolute Gasteiger partial charge is 0.393 e. The molecule has 3 rings (SSSR count). The first-order valence-electron chi connectivity index (χ1n) is 5.98. The molecule has 2 fully saturated rings. The summed E-state index contributed by atoms with van der Waals surface area (Å²) >= 11 is 0. The van der Waals surface area contributed by atoms with Gasteiger partial charge in [-0.05, 0) is 6.42 Å². The molecule has 104 valence electrons. The van der Waals surface area contributed by atoms with Gasteiger partial charge in [-0.15, -0.1) is 0 Å². The van der Waals surface area contributed by atoms with Gasteiger partial charge in [0.1, 0.15) is 5.60 Å². The summed E-state index contributed by atoms with van der Waals surface area (Å²) in [7, 11) is 0. The van der Waals surface area contributed by atoms with Gasteiger partial charge in [-0.25, -0.2) is 4.79 Å². The van der Waals surface area contributed by atoms with Crippen LogP contribution in [0.2, 0.25) is 0 Å². The summed E-state index contributed by atoms with van der Waals surface area (Å²) in [6.45, 7) is 1.32. The van der Waals surface area contributed by atoms with Crippen molar-refractivity contribution in [1.29, 1.82) is 0 Å². The summed E-state index contributed by atoms with van der Waals surface area (Å²) in [6, 6.07) is 1.18. The van der Waals surface area contributed by atoms with Gasteiger partial charge in [0, 0.05) is 12.3 Å². The first-order valence-corrected chi connectivity index (χ1v) is 5.98. The molecule has 0 saturated carbocycles. The number of hydrogen-bond acceptors (Lipinski definition) is 6. The molecular weight excluding hydrogens is 256 g/mol. The molecule has 1 aromatic rings. The Hall–Kier alpha value is -1.48. The lowest BCUT2D eigenvalue weighted by Gasteiger charge is -2.31. The highest BCUT2D eigenvalue weighted by Crippen LogP contribution is 2.58. The smallest absolute Gasteiger partial charge is 0.330 e. The summed E-state index contributed by atoms with van der Waals surface area (Å²) in [5, 5.41) is 19.7. The maximum absolute atomic E-state index is 11.7. The van der Waals surface area contributed by atoms with Crippen LogP contribution in [0.5, 0.6) is 0 Å². The molecule has 0 amide bonds. The highest BCUT2D eigenvalue weighted by molar-refractivity contribution is 5.16. The number of fused-ring (bicyclic) bond motifs is 1. The number of aromatic amines is 1. The van der Waals surface area contributed by atoms with E-state index in [4.69, 9.17) is 9.47 Å². The summed E-state index contributed by atoms with van der Waals surface area (Å²) < 4.78 is 12.0. The summed E-state index contributed by atoms with van der Waals surface area (Å²) in [6.07, 6.45) is -0.00745. The van der Waals surface area contributed by atoms with Crippen molar-refractivity contribution in [3.05, 3.63) is 33.1 Å². The van der Waals surface area contributed by atoms with Crippen LogP contribution in [-0.2, 0) is 9.47 Å². The zero-order chi connectivity index (χ0) is 13.8. The average Bonchev–Trinajstić information content (AvgIpc) is 3.00. The molecule has 0 radical (unpaired) electrons. The lowest BCUT2D eigenvalue weighted by Crippen LogP contribution is -2.47. The predicted octanol–water partition coefficient (Wildman–Crippen LogP) is -1.71. The standard InChI is InChI=1S/C11H14N2O6/c1-2-10(5-14)11(17)7(18-11)8(19-10)13-4-3-6(15)12-9(13)16/h3-4,7-8,14,17H,2,5H2,1H3,(H,12,15,16)/t7?,8-,10-,11?/m1/s1. The maximum Gasteiger partial charge on any atom is 0.330 e. The normalized spacial score (nSPS) is 40.2. The molecule has 1 aromatic heterocycles. The number of rotatable bonds is 3. The second kappa shape index (κ2) is 3.76. The lowest BCUT2D eigenvalue weighted by molar-refractivity contribution is -0.219. The van der Waals surface area contributed by atoms with E-state index < -0.39 is 41.6 Å². The highest BCUT2D eigenvalue weighted by atomic mass is 16.8. The summed E-state index contributed by atoms with van der Waals surface area (Å²) in [5.41, 5.74) is -2.42.